The summed E-state index contributed by atoms with van der Waals surface area (Å²) in [7, 11) is 0. The van der Waals surface area contributed by atoms with Crippen molar-refractivity contribution in [2.24, 2.45) is 5.16 Å². The van der Waals surface area contributed by atoms with Crippen LogP contribution in [0.2, 0.25) is 0 Å². The summed E-state index contributed by atoms with van der Waals surface area (Å²) in [5, 5.41) is 14.8. The molecule has 1 unspecified atom stereocenters. The summed E-state index contributed by atoms with van der Waals surface area (Å²) in [5.41, 5.74) is 0.438. The molecule has 1 rings (SSSR count). The van der Waals surface area contributed by atoms with Gasteiger partial charge in [-0.05, 0) is 24.6 Å². The number of hydrogen-bond acceptors (Lipinski definition) is 4. The minimum atomic E-state index is -1.10. The summed E-state index contributed by atoms with van der Waals surface area (Å²) < 4.78 is 0.786. The van der Waals surface area contributed by atoms with Crippen molar-refractivity contribution in [1.82, 2.24) is 5.32 Å². The third kappa shape index (κ3) is 4.55. The Morgan fingerprint density at radius 1 is 1.72 bits per heavy atom. The maximum Gasteiger partial charge on any atom is 0.286 e. The fourth-order valence-electron chi connectivity index (χ4n) is 1.09. The second kappa shape index (κ2) is 7.45. The van der Waals surface area contributed by atoms with E-state index in [2.05, 4.69) is 26.4 Å². The van der Waals surface area contributed by atoms with E-state index in [0.29, 0.717) is 12.0 Å². The average Bonchev–Trinajstić information content (AvgIpc) is 2.37. The normalized spacial score (nSPS) is 11.8. The zero-order chi connectivity index (χ0) is 13.4. The lowest BCUT2D eigenvalue weighted by atomic mass is 10.2. The first-order chi connectivity index (χ1) is 8.67. The lowest BCUT2D eigenvalue weighted by molar-refractivity contribution is 0.0596. The van der Waals surface area contributed by atoms with Gasteiger partial charge in [-0.2, -0.15) is 5.26 Å². The first kappa shape index (κ1) is 14.2. The molecular weight excluding hydrogens is 298 g/mol. The lowest BCUT2D eigenvalue weighted by Crippen LogP contribution is -2.34. The monoisotopic (exact) mass is 309 g/mol. The number of amides is 1. The van der Waals surface area contributed by atoms with Gasteiger partial charge in [-0.15, -0.1) is 0 Å². The van der Waals surface area contributed by atoms with Gasteiger partial charge in [0.05, 0.1) is 0 Å². The fourth-order valence-corrected chi connectivity index (χ4v) is 1.49. The standard InChI is InChI=1S/C12H12BrN3O2/c1-2-6-15-18-11(8-14)16-12(17)9-4-3-5-10(13)7-9/h3-7,11H,2H2,1H3,(H,16,17). The molecule has 1 atom stereocenters. The first-order valence-electron chi connectivity index (χ1n) is 5.31. The molecule has 0 aromatic heterocycles. The third-order valence-corrected chi connectivity index (χ3v) is 2.38. The van der Waals surface area contributed by atoms with Gasteiger partial charge >= 0.3 is 0 Å². The highest BCUT2D eigenvalue weighted by Gasteiger charge is 2.13. The van der Waals surface area contributed by atoms with Crippen molar-refractivity contribution in [1.29, 1.82) is 5.26 Å². The Bertz CT molecular complexity index is 482. The number of nitrogens with zero attached hydrogens (tertiary/aromatic N) is 2. The summed E-state index contributed by atoms with van der Waals surface area (Å²) in [4.78, 5) is 16.6. The second-order valence-electron chi connectivity index (χ2n) is 3.29. The highest BCUT2D eigenvalue weighted by Crippen LogP contribution is 2.11. The van der Waals surface area contributed by atoms with E-state index in [1.807, 2.05) is 6.92 Å². The van der Waals surface area contributed by atoms with Gasteiger partial charge in [0.15, 0.2) is 0 Å². The maximum atomic E-state index is 11.8. The van der Waals surface area contributed by atoms with Gasteiger partial charge < -0.3 is 10.2 Å². The number of nitriles is 1. The number of carbonyl (C=O) groups excluding carboxylic acids is 1. The SMILES string of the molecule is CCC=NOC(C#N)NC(=O)c1cccc(Br)c1. The largest absolute Gasteiger partial charge is 0.355 e. The summed E-state index contributed by atoms with van der Waals surface area (Å²) in [5.74, 6) is -0.394. The van der Waals surface area contributed by atoms with Crippen LogP contribution in [0.5, 0.6) is 0 Å². The Kier molecular flexibility index (Phi) is 5.88. The predicted molar refractivity (Wildman–Crippen MR) is 70.9 cm³/mol. The number of hydrogen-bond donors (Lipinski definition) is 1. The van der Waals surface area contributed by atoms with Crippen molar-refractivity contribution in [3.05, 3.63) is 34.3 Å². The number of rotatable bonds is 5. The molecule has 1 amide bonds. The van der Waals surface area contributed by atoms with Gasteiger partial charge in [0, 0.05) is 16.3 Å². The molecule has 94 valence electrons. The molecule has 0 aliphatic heterocycles. The van der Waals surface area contributed by atoms with E-state index in [0.717, 1.165) is 4.47 Å². The molecule has 0 saturated carbocycles. The third-order valence-electron chi connectivity index (χ3n) is 1.89. The van der Waals surface area contributed by atoms with Gasteiger partial charge in [0.25, 0.3) is 12.1 Å². The molecule has 1 aromatic carbocycles. The second-order valence-corrected chi connectivity index (χ2v) is 4.21. The molecule has 18 heavy (non-hydrogen) atoms. The Balaban J connectivity index is 2.63. The summed E-state index contributed by atoms with van der Waals surface area (Å²) >= 11 is 3.27. The van der Waals surface area contributed by atoms with E-state index in [1.54, 1.807) is 30.3 Å². The Morgan fingerprint density at radius 2 is 2.50 bits per heavy atom. The fraction of sp³-hybridized carbons (Fsp3) is 0.250. The molecule has 0 heterocycles. The minimum Gasteiger partial charge on any atom is -0.355 e. The summed E-state index contributed by atoms with van der Waals surface area (Å²) in [6.07, 6.45) is 1.10. The van der Waals surface area contributed by atoms with E-state index in [1.165, 1.54) is 6.21 Å². The zero-order valence-electron chi connectivity index (χ0n) is 9.76. The summed E-state index contributed by atoms with van der Waals surface area (Å²) in [6.45, 7) is 1.88. The molecule has 0 saturated heterocycles. The molecule has 5 nitrogen and oxygen atoms in total. The number of halogens is 1. The van der Waals surface area contributed by atoms with Gasteiger partial charge in [0.1, 0.15) is 6.07 Å². The quantitative estimate of drug-likeness (QED) is 0.515. The number of carbonyl (C=O) groups is 1. The van der Waals surface area contributed by atoms with E-state index in [9.17, 15) is 4.79 Å². The van der Waals surface area contributed by atoms with Crippen LogP contribution in [-0.4, -0.2) is 18.3 Å². The van der Waals surface area contributed by atoms with Crippen LogP contribution in [-0.2, 0) is 4.84 Å². The maximum absolute atomic E-state index is 11.8. The lowest BCUT2D eigenvalue weighted by Gasteiger charge is -2.09. The van der Waals surface area contributed by atoms with Crippen LogP contribution in [0.1, 0.15) is 23.7 Å². The van der Waals surface area contributed by atoms with Crippen LogP contribution in [0.4, 0.5) is 0 Å². The van der Waals surface area contributed by atoms with Crippen LogP contribution in [0.25, 0.3) is 0 Å². The van der Waals surface area contributed by atoms with Crippen LogP contribution >= 0.6 is 15.9 Å². The number of oxime groups is 1. The van der Waals surface area contributed by atoms with Gasteiger partial charge in [0.2, 0.25) is 0 Å². The molecule has 0 bridgehead atoms. The van der Waals surface area contributed by atoms with Gasteiger partial charge in [-0.25, -0.2) is 0 Å². The van der Waals surface area contributed by atoms with Gasteiger partial charge in [-0.1, -0.05) is 34.1 Å². The molecule has 1 N–H and O–H groups in total. The van der Waals surface area contributed by atoms with Crippen LogP contribution in [0.15, 0.2) is 33.9 Å². The molecule has 0 aliphatic rings. The average molecular weight is 310 g/mol. The Hall–Kier alpha value is -1.87. The molecule has 1 aromatic rings. The number of nitrogens with one attached hydrogen (secondary N) is 1. The van der Waals surface area contributed by atoms with Crippen LogP contribution in [0.3, 0.4) is 0 Å². The van der Waals surface area contributed by atoms with Crippen molar-refractivity contribution in [2.45, 2.75) is 19.6 Å². The molecule has 0 spiro atoms. The van der Waals surface area contributed by atoms with E-state index >= 15 is 0 Å². The molecule has 0 radical (unpaired) electrons. The van der Waals surface area contributed by atoms with Crippen molar-refractivity contribution in [2.75, 3.05) is 0 Å². The molecule has 6 heteroatoms. The Morgan fingerprint density at radius 3 is 3.11 bits per heavy atom. The van der Waals surface area contributed by atoms with Crippen LogP contribution < -0.4 is 5.32 Å². The van der Waals surface area contributed by atoms with E-state index < -0.39 is 12.1 Å². The predicted octanol–water partition coefficient (Wildman–Crippen LogP) is 2.44. The minimum absolute atomic E-state index is 0.394. The summed E-state index contributed by atoms with van der Waals surface area (Å²) in [6, 6.07) is 8.63. The topological polar surface area (TPSA) is 74.5 Å². The smallest absolute Gasteiger partial charge is 0.286 e. The first-order valence-corrected chi connectivity index (χ1v) is 6.10. The van der Waals surface area contributed by atoms with E-state index in [4.69, 9.17) is 10.1 Å². The highest BCUT2D eigenvalue weighted by atomic mass is 79.9. The van der Waals surface area contributed by atoms with Crippen LogP contribution in [0, 0.1) is 11.3 Å². The molecular formula is C12H12BrN3O2. The van der Waals surface area contributed by atoms with Crippen molar-refractivity contribution < 1.29 is 9.63 Å². The van der Waals surface area contributed by atoms with Crippen molar-refractivity contribution in [3.8, 4) is 6.07 Å². The molecule has 0 fully saturated rings. The zero-order valence-corrected chi connectivity index (χ0v) is 11.3. The molecule has 0 aliphatic carbocycles. The van der Waals surface area contributed by atoms with Crippen molar-refractivity contribution in [3.63, 3.8) is 0 Å². The number of benzene rings is 1. The highest BCUT2D eigenvalue weighted by molar-refractivity contribution is 9.10. The van der Waals surface area contributed by atoms with Crippen molar-refractivity contribution >= 4 is 28.1 Å². The van der Waals surface area contributed by atoms with E-state index in [-0.39, 0.29) is 0 Å². The van der Waals surface area contributed by atoms with Gasteiger partial charge in [-0.3, -0.25) is 4.79 Å². The Labute approximate surface area is 114 Å².